The molecule has 1 aromatic heterocycles. The zero-order valence-corrected chi connectivity index (χ0v) is 13.8. The van der Waals surface area contributed by atoms with E-state index in [2.05, 4.69) is 5.32 Å². The molecule has 0 aromatic carbocycles. The van der Waals surface area contributed by atoms with E-state index in [9.17, 15) is 21.6 Å². The zero-order chi connectivity index (χ0) is 16.1. The summed E-state index contributed by atoms with van der Waals surface area (Å²) in [6.45, 7) is 1.65. The molecule has 0 spiro atoms. The summed E-state index contributed by atoms with van der Waals surface area (Å²) in [7, 11) is -0.332. The van der Waals surface area contributed by atoms with Crippen molar-refractivity contribution in [1.29, 1.82) is 0 Å². The summed E-state index contributed by atoms with van der Waals surface area (Å²) < 4.78 is 46.9. The highest BCUT2D eigenvalue weighted by molar-refractivity contribution is 8.13. The molecule has 1 unspecified atom stereocenters. The average Bonchev–Trinajstić information content (AvgIpc) is 2.79. The van der Waals surface area contributed by atoms with E-state index in [0.717, 1.165) is 6.07 Å². The maximum atomic E-state index is 12.2. The molecule has 0 bridgehead atoms. The topological polar surface area (TPSA) is 102 Å². The molecule has 0 aliphatic carbocycles. The molecule has 2 heterocycles. The average molecular weight is 355 g/mol. The molecule has 7 nitrogen and oxygen atoms in total. The zero-order valence-electron chi connectivity index (χ0n) is 11.5. The lowest BCUT2D eigenvalue weighted by Crippen LogP contribution is -2.47. The van der Waals surface area contributed by atoms with Crippen molar-refractivity contribution in [2.75, 3.05) is 11.5 Å². The van der Waals surface area contributed by atoms with Gasteiger partial charge in [0.05, 0.1) is 17.0 Å². The van der Waals surface area contributed by atoms with Crippen molar-refractivity contribution < 1.29 is 21.6 Å². The number of nitrogens with one attached hydrogen (secondary N) is 1. The van der Waals surface area contributed by atoms with Gasteiger partial charge in [-0.2, -0.15) is 0 Å². The number of amides is 1. The van der Waals surface area contributed by atoms with Crippen molar-refractivity contribution in [3.05, 3.63) is 18.0 Å². The largest absolute Gasteiger partial charge is 0.345 e. The van der Waals surface area contributed by atoms with E-state index in [0.29, 0.717) is 6.42 Å². The summed E-state index contributed by atoms with van der Waals surface area (Å²) in [6.07, 6.45) is 1.55. The van der Waals surface area contributed by atoms with E-state index < -0.39 is 30.3 Å². The van der Waals surface area contributed by atoms with Crippen LogP contribution < -0.4 is 5.32 Å². The molecule has 0 saturated carbocycles. The third-order valence-electron chi connectivity index (χ3n) is 3.41. The Kier molecular flexibility index (Phi) is 3.88. The van der Waals surface area contributed by atoms with Crippen molar-refractivity contribution in [3.8, 4) is 0 Å². The molecule has 1 atom stereocenters. The van der Waals surface area contributed by atoms with Crippen molar-refractivity contribution in [3.63, 3.8) is 0 Å². The van der Waals surface area contributed by atoms with Gasteiger partial charge in [0.25, 0.3) is 15.0 Å². The number of hydrogen-bond acceptors (Lipinski definition) is 5. The number of rotatable bonds is 3. The monoisotopic (exact) mass is 354 g/mol. The molecule has 1 aliphatic rings. The van der Waals surface area contributed by atoms with Gasteiger partial charge in [0.15, 0.2) is 9.84 Å². The van der Waals surface area contributed by atoms with Crippen LogP contribution in [-0.2, 0) is 25.9 Å². The fourth-order valence-electron chi connectivity index (χ4n) is 2.34. The molecular formula is C11H15ClN2O5S2. The highest BCUT2D eigenvalue weighted by Gasteiger charge is 2.40. The summed E-state index contributed by atoms with van der Waals surface area (Å²) in [5, 5.41) is 2.66. The molecule has 1 fully saturated rings. The van der Waals surface area contributed by atoms with Crippen LogP contribution in [0.2, 0.25) is 0 Å². The minimum atomic E-state index is -3.92. The normalized spacial score (nSPS) is 24.9. The van der Waals surface area contributed by atoms with Crippen LogP contribution in [-0.4, -0.2) is 44.4 Å². The van der Waals surface area contributed by atoms with Crippen LogP contribution in [0.25, 0.3) is 0 Å². The van der Waals surface area contributed by atoms with Crippen LogP contribution in [0.15, 0.2) is 17.2 Å². The second kappa shape index (κ2) is 4.99. The molecule has 1 amide bonds. The molecule has 1 aromatic rings. The Morgan fingerprint density at radius 2 is 2.10 bits per heavy atom. The predicted octanol–water partition coefficient (Wildman–Crippen LogP) is 0.260. The minimum absolute atomic E-state index is 0.0260. The smallest absolute Gasteiger partial charge is 0.268 e. The molecule has 2 rings (SSSR count). The summed E-state index contributed by atoms with van der Waals surface area (Å²) >= 11 is 0. The van der Waals surface area contributed by atoms with Crippen molar-refractivity contribution in [2.24, 2.45) is 7.05 Å². The molecule has 1 aliphatic heterocycles. The molecule has 1 saturated heterocycles. The number of halogens is 1. The van der Waals surface area contributed by atoms with Crippen LogP contribution in [0.3, 0.4) is 0 Å². The lowest BCUT2D eigenvalue weighted by Gasteiger charge is -2.23. The number of nitrogens with zero attached hydrogens (tertiary/aromatic N) is 1. The highest BCUT2D eigenvalue weighted by Crippen LogP contribution is 2.24. The first-order valence-corrected chi connectivity index (χ1v) is 10.2. The summed E-state index contributed by atoms with van der Waals surface area (Å²) in [5.74, 6) is -0.640. The van der Waals surface area contributed by atoms with Crippen molar-refractivity contribution in [2.45, 2.75) is 23.8 Å². The summed E-state index contributed by atoms with van der Waals surface area (Å²) in [5.41, 5.74) is -0.750. The first kappa shape index (κ1) is 16.3. The Labute approximate surface area is 127 Å². The van der Waals surface area contributed by atoms with Gasteiger partial charge in [-0.3, -0.25) is 4.79 Å². The van der Waals surface area contributed by atoms with Gasteiger partial charge in [0.2, 0.25) is 0 Å². The Hall–Kier alpha value is -1.06. The summed E-state index contributed by atoms with van der Waals surface area (Å²) in [6, 6.07) is 1.16. The molecule has 1 N–H and O–H groups in total. The number of aryl methyl sites for hydroxylation is 1. The van der Waals surface area contributed by atoms with Crippen LogP contribution in [0.5, 0.6) is 0 Å². The van der Waals surface area contributed by atoms with E-state index in [1.165, 1.54) is 17.8 Å². The van der Waals surface area contributed by atoms with Crippen LogP contribution in [0.1, 0.15) is 23.8 Å². The first-order valence-electron chi connectivity index (χ1n) is 6.06. The third-order valence-corrected chi connectivity index (χ3v) is 6.64. The number of carbonyl (C=O) groups excluding carboxylic acids is 1. The predicted molar refractivity (Wildman–Crippen MR) is 77.6 cm³/mol. The number of aromatic nitrogens is 1. The third kappa shape index (κ3) is 3.58. The Morgan fingerprint density at radius 3 is 2.52 bits per heavy atom. The fraction of sp³-hybridized carbons (Fsp3) is 0.545. The quantitative estimate of drug-likeness (QED) is 0.784. The number of sulfone groups is 1. The van der Waals surface area contributed by atoms with Crippen LogP contribution in [0, 0.1) is 0 Å². The molecule has 118 valence electrons. The first-order chi connectivity index (χ1) is 9.42. The maximum absolute atomic E-state index is 12.2. The second-order valence-corrected chi connectivity index (χ2v) is 10.2. The van der Waals surface area contributed by atoms with Gasteiger partial charge >= 0.3 is 0 Å². The highest BCUT2D eigenvalue weighted by atomic mass is 35.7. The molecule has 0 radical (unpaired) electrons. The van der Waals surface area contributed by atoms with Gasteiger partial charge in [-0.15, -0.1) is 0 Å². The lowest BCUT2D eigenvalue weighted by atomic mass is 10.0. The van der Waals surface area contributed by atoms with E-state index in [1.807, 2.05) is 0 Å². The molecule has 10 heteroatoms. The van der Waals surface area contributed by atoms with Crippen LogP contribution in [0.4, 0.5) is 0 Å². The fourth-order valence-corrected chi connectivity index (χ4v) is 5.22. The van der Waals surface area contributed by atoms with E-state index >= 15 is 0 Å². The van der Waals surface area contributed by atoms with Crippen molar-refractivity contribution in [1.82, 2.24) is 9.88 Å². The Morgan fingerprint density at radius 1 is 1.48 bits per heavy atom. The maximum Gasteiger partial charge on any atom is 0.268 e. The summed E-state index contributed by atoms with van der Waals surface area (Å²) in [4.78, 5) is 12.0. The van der Waals surface area contributed by atoms with Crippen LogP contribution >= 0.6 is 10.7 Å². The van der Waals surface area contributed by atoms with Gasteiger partial charge in [-0.1, -0.05) is 0 Å². The lowest BCUT2D eigenvalue weighted by molar-refractivity contribution is 0.0907. The van der Waals surface area contributed by atoms with Crippen molar-refractivity contribution >= 4 is 35.5 Å². The number of carbonyl (C=O) groups is 1. The molecular weight excluding hydrogens is 340 g/mol. The Bertz CT molecular complexity index is 797. The van der Waals surface area contributed by atoms with Gasteiger partial charge in [-0.25, -0.2) is 16.8 Å². The van der Waals surface area contributed by atoms with Gasteiger partial charge < -0.3 is 9.88 Å². The van der Waals surface area contributed by atoms with E-state index in [-0.39, 0.29) is 22.1 Å². The number of hydrogen-bond donors (Lipinski definition) is 1. The van der Waals surface area contributed by atoms with Gasteiger partial charge in [-0.05, 0) is 19.4 Å². The Balaban J connectivity index is 2.24. The van der Waals surface area contributed by atoms with Gasteiger partial charge in [0.1, 0.15) is 10.6 Å². The molecule has 21 heavy (non-hydrogen) atoms. The van der Waals surface area contributed by atoms with E-state index in [1.54, 1.807) is 6.92 Å². The second-order valence-electron chi connectivity index (χ2n) is 5.47. The van der Waals surface area contributed by atoms with Gasteiger partial charge in [0, 0.05) is 23.9 Å². The SMILES string of the molecule is Cn1cc(S(=O)(=O)Cl)cc1C(=O)NC1(C)CCS(=O)(=O)C1. The minimum Gasteiger partial charge on any atom is -0.345 e. The van der Waals surface area contributed by atoms with E-state index in [4.69, 9.17) is 10.7 Å². The standard InChI is InChI=1S/C11H15ClN2O5S2/c1-11(3-4-20(16,17)7-11)13-10(15)9-5-8(6-14(9)2)21(12,18)19/h5-6H,3-4,7H2,1-2H3,(H,13,15).